The smallest absolute Gasteiger partial charge is 0.325 e. The molecule has 0 aliphatic carbocycles. The minimum absolute atomic E-state index is 0.239. The molecular formula is C8H9ClN2O3. The Bertz CT molecular complexity index is 361. The highest BCUT2D eigenvalue weighted by molar-refractivity contribution is 6.30. The van der Waals surface area contributed by atoms with E-state index in [9.17, 15) is 9.59 Å². The molecule has 1 rings (SSSR count). The number of carboxylic acids is 1. The number of aliphatic carboxylic acids is 1. The summed E-state index contributed by atoms with van der Waals surface area (Å²) >= 11 is 5.58. The first-order chi connectivity index (χ1) is 6.50. The number of hydrogen-bond donors (Lipinski definition) is 3. The Morgan fingerprint density at radius 2 is 2.29 bits per heavy atom. The van der Waals surface area contributed by atoms with Crippen LogP contribution >= 0.6 is 11.6 Å². The molecule has 0 spiro atoms. The molecule has 1 heterocycles. The zero-order valence-electron chi connectivity index (χ0n) is 7.37. The molecule has 0 bridgehead atoms. The van der Waals surface area contributed by atoms with Crippen LogP contribution in [0.5, 0.6) is 0 Å². The predicted molar refractivity (Wildman–Crippen MR) is 50.4 cm³/mol. The van der Waals surface area contributed by atoms with E-state index >= 15 is 0 Å². The van der Waals surface area contributed by atoms with Crippen LogP contribution in [-0.4, -0.2) is 28.0 Å². The number of nitrogens with one attached hydrogen (secondary N) is 2. The van der Waals surface area contributed by atoms with Gasteiger partial charge in [0.25, 0.3) is 5.91 Å². The zero-order valence-corrected chi connectivity index (χ0v) is 8.13. The average Bonchev–Trinajstić information content (AvgIpc) is 2.51. The molecule has 0 aromatic carbocycles. The molecule has 6 heteroatoms. The van der Waals surface area contributed by atoms with Crippen molar-refractivity contribution in [1.29, 1.82) is 0 Å². The quantitative estimate of drug-likeness (QED) is 0.701. The van der Waals surface area contributed by atoms with Crippen LogP contribution in [0.25, 0.3) is 0 Å². The van der Waals surface area contributed by atoms with Gasteiger partial charge in [0.1, 0.15) is 11.7 Å². The van der Waals surface area contributed by atoms with Gasteiger partial charge in [0.15, 0.2) is 0 Å². The van der Waals surface area contributed by atoms with E-state index in [1.807, 2.05) is 0 Å². The summed E-state index contributed by atoms with van der Waals surface area (Å²) in [6, 6.07) is 0.496. The molecule has 0 fully saturated rings. The van der Waals surface area contributed by atoms with Gasteiger partial charge in [0.05, 0.1) is 5.02 Å². The lowest BCUT2D eigenvalue weighted by Crippen LogP contribution is -2.38. The van der Waals surface area contributed by atoms with E-state index < -0.39 is 17.9 Å². The van der Waals surface area contributed by atoms with E-state index in [1.54, 1.807) is 0 Å². The van der Waals surface area contributed by atoms with E-state index in [-0.39, 0.29) is 5.69 Å². The van der Waals surface area contributed by atoms with E-state index in [0.717, 1.165) is 0 Å². The van der Waals surface area contributed by atoms with Crippen LogP contribution in [0.1, 0.15) is 17.4 Å². The maximum absolute atomic E-state index is 11.3. The van der Waals surface area contributed by atoms with Crippen LogP contribution in [0.2, 0.25) is 5.02 Å². The fraction of sp³-hybridized carbons (Fsp3) is 0.250. The van der Waals surface area contributed by atoms with Crippen molar-refractivity contribution in [2.75, 3.05) is 0 Å². The molecule has 14 heavy (non-hydrogen) atoms. The molecule has 1 amide bonds. The summed E-state index contributed by atoms with van der Waals surface area (Å²) in [6.45, 7) is 1.38. The number of hydrogen-bond acceptors (Lipinski definition) is 2. The van der Waals surface area contributed by atoms with Crippen LogP contribution in [-0.2, 0) is 4.79 Å². The van der Waals surface area contributed by atoms with Crippen molar-refractivity contribution in [3.8, 4) is 0 Å². The number of halogens is 1. The van der Waals surface area contributed by atoms with Crippen LogP contribution in [0.3, 0.4) is 0 Å². The first kappa shape index (κ1) is 10.6. The summed E-state index contributed by atoms with van der Waals surface area (Å²) in [5.74, 6) is -1.58. The molecule has 0 saturated heterocycles. The highest BCUT2D eigenvalue weighted by Crippen LogP contribution is 2.09. The van der Waals surface area contributed by atoms with Gasteiger partial charge >= 0.3 is 5.97 Å². The number of aromatic amines is 1. The van der Waals surface area contributed by atoms with Crippen LogP contribution in [0.4, 0.5) is 0 Å². The van der Waals surface area contributed by atoms with Crippen molar-refractivity contribution in [3.05, 3.63) is 23.0 Å². The van der Waals surface area contributed by atoms with Gasteiger partial charge in [-0.3, -0.25) is 9.59 Å². The van der Waals surface area contributed by atoms with E-state index in [1.165, 1.54) is 19.2 Å². The highest BCUT2D eigenvalue weighted by atomic mass is 35.5. The van der Waals surface area contributed by atoms with Gasteiger partial charge in [-0.25, -0.2) is 0 Å². The van der Waals surface area contributed by atoms with Crippen molar-refractivity contribution in [2.45, 2.75) is 13.0 Å². The molecule has 1 aromatic rings. The molecular weight excluding hydrogens is 208 g/mol. The van der Waals surface area contributed by atoms with Gasteiger partial charge in [0.2, 0.25) is 0 Å². The summed E-state index contributed by atoms with van der Waals surface area (Å²) in [7, 11) is 0. The predicted octanol–water partition coefficient (Wildman–Crippen LogP) is 0.871. The lowest BCUT2D eigenvalue weighted by Gasteiger charge is -2.07. The van der Waals surface area contributed by atoms with Crippen molar-refractivity contribution < 1.29 is 14.7 Å². The first-order valence-corrected chi connectivity index (χ1v) is 4.26. The molecule has 0 radical (unpaired) electrons. The number of aromatic nitrogens is 1. The third-order valence-corrected chi connectivity index (χ3v) is 1.83. The standard InChI is InChI=1S/C8H9ClN2O3/c1-4(8(13)14)11-7(12)6-2-5(9)3-10-6/h2-4,10H,1H3,(H,11,12)(H,13,14). The Balaban J connectivity index is 2.63. The highest BCUT2D eigenvalue weighted by Gasteiger charge is 2.15. The Labute approximate surface area is 85.1 Å². The van der Waals surface area contributed by atoms with Crippen LogP contribution in [0, 0.1) is 0 Å². The minimum Gasteiger partial charge on any atom is -0.480 e. The second kappa shape index (κ2) is 4.15. The lowest BCUT2D eigenvalue weighted by molar-refractivity contribution is -0.138. The second-order valence-corrected chi connectivity index (χ2v) is 3.20. The van der Waals surface area contributed by atoms with Crippen molar-refractivity contribution in [3.63, 3.8) is 0 Å². The molecule has 0 aliphatic rings. The molecule has 3 N–H and O–H groups in total. The summed E-state index contributed by atoms with van der Waals surface area (Å²) in [4.78, 5) is 24.3. The van der Waals surface area contributed by atoms with Crippen molar-refractivity contribution in [1.82, 2.24) is 10.3 Å². The molecule has 5 nitrogen and oxygen atoms in total. The fourth-order valence-corrected chi connectivity index (χ4v) is 0.999. The van der Waals surface area contributed by atoms with E-state index in [2.05, 4.69) is 10.3 Å². The summed E-state index contributed by atoms with van der Waals surface area (Å²) in [5, 5.41) is 11.2. The third-order valence-electron chi connectivity index (χ3n) is 1.61. The SMILES string of the molecule is CC(NC(=O)c1cc(Cl)c[nH]1)C(=O)O. The molecule has 0 aliphatic heterocycles. The topological polar surface area (TPSA) is 82.2 Å². The van der Waals surface area contributed by atoms with Crippen molar-refractivity contribution >= 4 is 23.5 Å². The van der Waals surface area contributed by atoms with Gasteiger partial charge < -0.3 is 15.4 Å². The Hall–Kier alpha value is -1.49. The maximum Gasteiger partial charge on any atom is 0.325 e. The van der Waals surface area contributed by atoms with Crippen molar-refractivity contribution in [2.24, 2.45) is 0 Å². The fourth-order valence-electron chi connectivity index (χ4n) is 0.835. The van der Waals surface area contributed by atoms with E-state index in [4.69, 9.17) is 16.7 Å². The van der Waals surface area contributed by atoms with Gasteiger partial charge in [-0.1, -0.05) is 11.6 Å². The molecule has 1 atom stereocenters. The molecule has 1 aromatic heterocycles. The lowest BCUT2D eigenvalue weighted by atomic mass is 10.3. The zero-order chi connectivity index (χ0) is 10.7. The summed E-state index contributed by atoms with van der Waals surface area (Å²) < 4.78 is 0. The number of H-pyrrole nitrogens is 1. The number of rotatable bonds is 3. The largest absolute Gasteiger partial charge is 0.480 e. The monoisotopic (exact) mass is 216 g/mol. The van der Waals surface area contributed by atoms with Gasteiger partial charge in [0, 0.05) is 6.20 Å². The third kappa shape index (κ3) is 2.50. The van der Waals surface area contributed by atoms with Crippen LogP contribution in [0.15, 0.2) is 12.3 Å². The molecule has 76 valence electrons. The maximum atomic E-state index is 11.3. The second-order valence-electron chi connectivity index (χ2n) is 2.76. The van der Waals surface area contributed by atoms with Crippen LogP contribution < -0.4 is 5.32 Å². The van der Waals surface area contributed by atoms with Gasteiger partial charge in [-0.2, -0.15) is 0 Å². The first-order valence-electron chi connectivity index (χ1n) is 3.88. The number of carbonyl (C=O) groups excluding carboxylic acids is 1. The normalized spacial score (nSPS) is 12.1. The number of carbonyl (C=O) groups is 2. The molecule has 0 saturated carbocycles. The van der Waals surface area contributed by atoms with E-state index in [0.29, 0.717) is 5.02 Å². The Morgan fingerprint density at radius 1 is 1.64 bits per heavy atom. The summed E-state index contributed by atoms with van der Waals surface area (Å²) in [6.07, 6.45) is 1.45. The minimum atomic E-state index is -1.09. The molecule has 1 unspecified atom stereocenters. The number of amides is 1. The Kier molecular flexibility index (Phi) is 3.14. The summed E-state index contributed by atoms with van der Waals surface area (Å²) in [5.41, 5.74) is 0.239. The Morgan fingerprint density at radius 3 is 2.71 bits per heavy atom. The van der Waals surface area contributed by atoms with Gasteiger partial charge in [-0.05, 0) is 13.0 Å². The van der Waals surface area contributed by atoms with Gasteiger partial charge in [-0.15, -0.1) is 0 Å². The average molecular weight is 217 g/mol. The number of carboxylic acid groups (broad SMARTS) is 1.